The second-order valence-electron chi connectivity index (χ2n) is 6.93. The summed E-state index contributed by atoms with van der Waals surface area (Å²) >= 11 is 12.0. The molecule has 0 unspecified atom stereocenters. The number of esters is 1. The van der Waals surface area contributed by atoms with Gasteiger partial charge in [0.25, 0.3) is 5.91 Å². The molecule has 0 aromatic heterocycles. The summed E-state index contributed by atoms with van der Waals surface area (Å²) in [6.07, 6.45) is 1.64. The van der Waals surface area contributed by atoms with Crippen LogP contribution in [0, 0.1) is 5.82 Å². The van der Waals surface area contributed by atoms with E-state index in [4.69, 9.17) is 27.9 Å². The van der Waals surface area contributed by atoms with Crippen LogP contribution >= 0.6 is 23.2 Å². The number of carbonyl (C=O) groups is 2. The van der Waals surface area contributed by atoms with Gasteiger partial charge in [0.05, 0.1) is 15.7 Å². The molecular formula is C24H16Cl2FNO3. The number of anilines is 1. The van der Waals surface area contributed by atoms with Crippen LogP contribution < -0.4 is 4.90 Å². The Labute approximate surface area is 188 Å². The predicted molar refractivity (Wildman–Crippen MR) is 119 cm³/mol. The smallest absolute Gasteiger partial charge is 0.326 e. The Hall–Kier alpha value is -3.15. The van der Waals surface area contributed by atoms with Crippen molar-refractivity contribution in [2.45, 2.75) is 6.61 Å². The van der Waals surface area contributed by atoms with Gasteiger partial charge < -0.3 is 4.74 Å². The van der Waals surface area contributed by atoms with Crippen LogP contribution in [0.5, 0.6) is 0 Å². The zero-order valence-corrected chi connectivity index (χ0v) is 17.7. The lowest BCUT2D eigenvalue weighted by Crippen LogP contribution is -2.33. The maximum absolute atomic E-state index is 13.9. The molecule has 3 aromatic carbocycles. The van der Waals surface area contributed by atoms with E-state index in [0.717, 1.165) is 5.56 Å². The van der Waals surface area contributed by atoms with Crippen LogP contribution in [0.15, 0.2) is 66.7 Å². The Balaban J connectivity index is 1.59. The van der Waals surface area contributed by atoms with Crippen molar-refractivity contribution in [2.24, 2.45) is 0 Å². The van der Waals surface area contributed by atoms with Crippen molar-refractivity contribution >= 4 is 52.4 Å². The van der Waals surface area contributed by atoms with Gasteiger partial charge in [-0.25, -0.2) is 4.39 Å². The number of hydrogen-bond donors (Lipinski definition) is 0. The molecule has 4 nitrogen and oxygen atoms in total. The molecular weight excluding hydrogens is 440 g/mol. The lowest BCUT2D eigenvalue weighted by atomic mass is 10.0. The molecule has 0 fully saturated rings. The molecule has 0 atom stereocenters. The van der Waals surface area contributed by atoms with Crippen molar-refractivity contribution in [3.8, 4) is 0 Å². The van der Waals surface area contributed by atoms with Gasteiger partial charge in [0.1, 0.15) is 19.0 Å². The Morgan fingerprint density at radius 2 is 1.77 bits per heavy atom. The van der Waals surface area contributed by atoms with Crippen LogP contribution in [-0.2, 0) is 20.9 Å². The summed E-state index contributed by atoms with van der Waals surface area (Å²) in [5.74, 6) is -1.53. The summed E-state index contributed by atoms with van der Waals surface area (Å²) < 4.78 is 19.2. The van der Waals surface area contributed by atoms with Gasteiger partial charge in [0.15, 0.2) is 0 Å². The Morgan fingerprint density at radius 1 is 1.00 bits per heavy atom. The normalized spacial score (nSPS) is 14.1. The molecule has 1 amide bonds. The molecule has 0 saturated carbocycles. The molecule has 0 radical (unpaired) electrons. The molecule has 0 saturated heterocycles. The lowest BCUT2D eigenvalue weighted by Gasteiger charge is -2.16. The third-order valence-electron chi connectivity index (χ3n) is 4.80. The van der Waals surface area contributed by atoms with E-state index in [2.05, 4.69) is 0 Å². The van der Waals surface area contributed by atoms with E-state index in [1.54, 1.807) is 24.3 Å². The number of benzene rings is 3. The Morgan fingerprint density at radius 3 is 2.52 bits per heavy atom. The topological polar surface area (TPSA) is 46.6 Å². The number of halogens is 3. The second-order valence-corrected chi connectivity index (χ2v) is 7.75. The zero-order chi connectivity index (χ0) is 22.0. The number of amides is 1. The van der Waals surface area contributed by atoms with Gasteiger partial charge in [-0.2, -0.15) is 0 Å². The summed E-state index contributed by atoms with van der Waals surface area (Å²) in [6, 6.07) is 18.2. The first kappa shape index (κ1) is 21.1. The highest BCUT2D eigenvalue weighted by Crippen LogP contribution is 2.38. The highest BCUT2D eigenvalue weighted by Gasteiger charge is 2.34. The third kappa shape index (κ3) is 4.63. The van der Waals surface area contributed by atoms with E-state index in [1.165, 1.54) is 23.1 Å². The molecule has 1 aliphatic heterocycles. The molecule has 0 bridgehead atoms. The minimum absolute atomic E-state index is 0.0870. The number of hydrogen-bond acceptors (Lipinski definition) is 3. The Kier molecular flexibility index (Phi) is 6.07. The summed E-state index contributed by atoms with van der Waals surface area (Å²) in [5, 5.41) is 0.744. The van der Waals surface area contributed by atoms with Crippen molar-refractivity contribution in [2.75, 3.05) is 11.4 Å². The molecule has 7 heteroatoms. The summed E-state index contributed by atoms with van der Waals surface area (Å²) in [7, 11) is 0. The quantitative estimate of drug-likeness (QED) is 0.362. The minimum atomic E-state index is -0.594. The van der Waals surface area contributed by atoms with Crippen molar-refractivity contribution in [1.82, 2.24) is 0 Å². The van der Waals surface area contributed by atoms with Crippen molar-refractivity contribution in [3.05, 3.63) is 99.3 Å². The van der Waals surface area contributed by atoms with E-state index in [9.17, 15) is 14.0 Å². The average Bonchev–Trinajstić information content (AvgIpc) is 3.00. The van der Waals surface area contributed by atoms with Gasteiger partial charge >= 0.3 is 5.97 Å². The summed E-state index contributed by atoms with van der Waals surface area (Å²) in [6.45, 7) is -0.246. The second kappa shape index (κ2) is 8.92. The largest absolute Gasteiger partial charge is 0.459 e. The van der Waals surface area contributed by atoms with Gasteiger partial charge in [-0.1, -0.05) is 59.6 Å². The zero-order valence-electron chi connectivity index (χ0n) is 16.1. The summed E-state index contributed by atoms with van der Waals surface area (Å²) in [4.78, 5) is 26.7. The molecule has 1 heterocycles. The maximum Gasteiger partial charge on any atom is 0.326 e. The van der Waals surface area contributed by atoms with E-state index < -0.39 is 17.7 Å². The number of nitrogens with zero attached hydrogens (tertiary/aromatic N) is 1. The first-order chi connectivity index (χ1) is 14.9. The van der Waals surface area contributed by atoms with Crippen LogP contribution in [0.2, 0.25) is 10.0 Å². The third-order valence-corrected chi connectivity index (χ3v) is 5.54. The first-order valence-corrected chi connectivity index (χ1v) is 10.2. The fraction of sp³-hybridized carbons (Fsp3) is 0.0833. The number of fused-ring (bicyclic) bond motifs is 1. The predicted octanol–water partition coefficient (Wildman–Crippen LogP) is 5.76. The van der Waals surface area contributed by atoms with Gasteiger partial charge in [-0.15, -0.1) is 0 Å². The summed E-state index contributed by atoms with van der Waals surface area (Å²) in [5.41, 5.74) is 2.64. The standard InChI is InChI=1S/C24H16Cl2FNO3/c25-20-9-6-16(11-21(20)26)10-19-18-8-7-17(27)12-22(18)28(24(19)30)13-23(29)31-14-15-4-2-1-3-5-15/h1-12H,13-14H2/b19-10+. The van der Waals surface area contributed by atoms with E-state index in [0.29, 0.717) is 32.4 Å². The SMILES string of the molecule is O=C(CN1C(=O)/C(=C/c2ccc(Cl)c(Cl)c2)c2ccc(F)cc21)OCc1ccccc1. The number of ether oxygens (including phenoxy) is 1. The number of carbonyl (C=O) groups excluding carboxylic acids is 2. The fourth-order valence-electron chi connectivity index (χ4n) is 3.30. The fourth-order valence-corrected chi connectivity index (χ4v) is 3.61. The van der Waals surface area contributed by atoms with Crippen molar-refractivity contribution in [1.29, 1.82) is 0 Å². The number of rotatable bonds is 5. The molecule has 4 rings (SSSR count). The molecule has 0 N–H and O–H groups in total. The van der Waals surface area contributed by atoms with E-state index in [-0.39, 0.29) is 13.2 Å². The minimum Gasteiger partial charge on any atom is -0.459 e. The monoisotopic (exact) mass is 455 g/mol. The molecule has 31 heavy (non-hydrogen) atoms. The van der Waals surface area contributed by atoms with Crippen LogP contribution in [0.1, 0.15) is 16.7 Å². The molecule has 3 aromatic rings. The van der Waals surface area contributed by atoms with E-state index in [1.807, 2.05) is 30.3 Å². The maximum atomic E-state index is 13.9. The van der Waals surface area contributed by atoms with Crippen LogP contribution in [-0.4, -0.2) is 18.4 Å². The van der Waals surface area contributed by atoms with Crippen LogP contribution in [0.3, 0.4) is 0 Å². The van der Waals surface area contributed by atoms with Crippen molar-refractivity contribution < 1.29 is 18.7 Å². The van der Waals surface area contributed by atoms with Crippen molar-refractivity contribution in [3.63, 3.8) is 0 Å². The van der Waals surface area contributed by atoms with Crippen LogP contribution in [0.4, 0.5) is 10.1 Å². The highest BCUT2D eigenvalue weighted by atomic mass is 35.5. The highest BCUT2D eigenvalue weighted by molar-refractivity contribution is 6.42. The molecule has 1 aliphatic rings. The first-order valence-electron chi connectivity index (χ1n) is 9.40. The Bertz CT molecular complexity index is 1190. The van der Waals surface area contributed by atoms with Gasteiger partial charge in [-0.3, -0.25) is 14.5 Å². The average molecular weight is 456 g/mol. The van der Waals surface area contributed by atoms with Gasteiger partial charge in [0.2, 0.25) is 0 Å². The molecule has 0 aliphatic carbocycles. The van der Waals surface area contributed by atoms with Gasteiger partial charge in [-0.05, 0) is 47.5 Å². The lowest BCUT2D eigenvalue weighted by molar-refractivity contribution is -0.143. The molecule has 156 valence electrons. The molecule has 0 spiro atoms. The van der Waals surface area contributed by atoms with Crippen LogP contribution in [0.25, 0.3) is 11.6 Å². The van der Waals surface area contributed by atoms with Gasteiger partial charge in [0, 0.05) is 11.1 Å². The van der Waals surface area contributed by atoms with E-state index >= 15 is 0 Å².